The van der Waals surface area contributed by atoms with Gasteiger partial charge in [-0.3, -0.25) is 9.78 Å². The summed E-state index contributed by atoms with van der Waals surface area (Å²) in [5.74, 6) is 0.0446. The average Bonchev–Trinajstić information content (AvgIpc) is 2.64. The molecule has 0 aliphatic heterocycles. The Morgan fingerprint density at radius 3 is 2.94 bits per heavy atom. The van der Waals surface area contributed by atoms with E-state index in [0.717, 1.165) is 15.2 Å². The molecule has 2 rings (SSSR count). The lowest BCUT2D eigenvalue weighted by Crippen LogP contribution is -2.03. The molecule has 0 unspecified atom stereocenters. The van der Waals surface area contributed by atoms with Crippen molar-refractivity contribution in [1.82, 2.24) is 9.97 Å². The lowest BCUT2D eigenvalue weighted by atomic mass is 10.1. The number of halogens is 1. The van der Waals surface area contributed by atoms with Crippen molar-refractivity contribution in [2.24, 2.45) is 0 Å². The Morgan fingerprint density at radius 2 is 2.31 bits per heavy atom. The van der Waals surface area contributed by atoms with Crippen LogP contribution in [0.1, 0.15) is 21.1 Å². The van der Waals surface area contributed by atoms with Gasteiger partial charge in [0.05, 0.1) is 6.42 Å². The van der Waals surface area contributed by atoms with E-state index in [4.69, 9.17) is 0 Å². The van der Waals surface area contributed by atoms with Gasteiger partial charge in [-0.15, -0.1) is 11.3 Å². The van der Waals surface area contributed by atoms with Crippen molar-refractivity contribution in [2.45, 2.75) is 13.3 Å². The summed E-state index contributed by atoms with van der Waals surface area (Å²) < 4.78 is 0.814. The van der Waals surface area contributed by atoms with Crippen molar-refractivity contribution >= 4 is 33.0 Å². The summed E-state index contributed by atoms with van der Waals surface area (Å²) >= 11 is 4.80. The fraction of sp³-hybridized carbons (Fsp3) is 0.182. The van der Waals surface area contributed by atoms with Crippen molar-refractivity contribution in [2.75, 3.05) is 0 Å². The standard InChI is InChI=1S/C11H9BrN2OS/c1-7-6-16-11(14-7)3-10(15)8-2-9(12)5-13-4-8/h2,4-6H,3H2,1H3. The first kappa shape index (κ1) is 11.4. The minimum atomic E-state index is 0.0446. The van der Waals surface area contributed by atoms with Crippen LogP contribution in [0.25, 0.3) is 0 Å². The molecule has 3 nitrogen and oxygen atoms in total. The molecule has 16 heavy (non-hydrogen) atoms. The maximum Gasteiger partial charge on any atom is 0.171 e. The van der Waals surface area contributed by atoms with Crippen LogP contribution in [-0.4, -0.2) is 15.8 Å². The van der Waals surface area contributed by atoms with Gasteiger partial charge in [0.15, 0.2) is 5.78 Å². The quantitative estimate of drug-likeness (QED) is 0.818. The Labute approximate surface area is 106 Å². The predicted octanol–water partition coefficient (Wildman–Crippen LogP) is 3.03. The van der Waals surface area contributed by atoms with Crippen LogP contribution in [-0.2, 0) is 6.42 Å². The van der Waals surface area contributed by atoms with Gasteiger partial charge in [0.2, 0.25) is 0 Å². The number of aryl methyl sites for hydroxylation is 1. The Hall–Kier alpha value is -1.07. The van der Waals surface area contributed by atoms with E-state index in [1.54, 1.807) is 18.5 Å². The molecule has 0 aliphatic carbocycles. The molecule has 0 aliphatic rings. The predicted molar refractivity (Wildman–Crippen MR) is 66.8 cm³/mol. The van der Waals surface area contributed by atoms with Gasteiger partial charge in [-0.1, -0.05) is 0 Å². The number of rotatable bonds is 3. The molecule has 0 saturated carbocycles. The SMILES string of the molecule is Cc1csc(CC(=O)c2cncc(Br)c2)n1. The third kappa shape index (κ3) is 2.74. The molecule has 82 valence electrons. The maximum absolute atomic E-state index is 11.9. The highest BCUT2D eigenvalue weighted by Gasteiger charge is 2.10. The molecule has 0 N–H and O–H groups in total. The zero-order chi connectivity index (χ0) is 11.5. The molecule has 0 radical (unpaired) electrons. The van der Waals surface area contributed by atoms with Gasteiger partial charge in [0.25, 0.3) is 0 Å². The summed E-state index contributed by atoms with van der Waals surface area (Å²) in [5.41, 5.74) is 1.57. The minimum Gasteiger partial charge on any atom is -0.294 e. The van der Waals surface area contributed by atoms with Crippen LogP contribution in [0.2, 0.25) is 0 Å². The molecule has 5 heteroatoms. The van der Waals surface area contributed by atoms with Crippen molar-refractivity contribution in [3.05, 3.63) is 44.6 Å². The first-order valence-corrected chi connectivity index (χ1v) is 6.37. The Kier molecular flexibility index (Phi) is 3.46. The first-order valence-electron chi connectivity index (χ1n) is 4.70. The van der Waals surface area contributed by atoms with E-state index in [-0.39, 0.29) is 5.78 Å². The van der Waals surface area contributed by atoms with Gasteiger partial charge >= 0.3 is 0 Å². The van der Waals surface area contributed by atoms with E-state index < -0.39 is 0 Å². The van der Waals surface area contributed by atoms with E-state index in [2.05, 4.69) is 25.9 Å². The fourth-order valence-electron chi connectivity index (χ4n) is 1.29. The Morgan fingerprint density at radius 1 is 1.50 bits per heavy atom. The monoisotopic (exact) mass is 296 g/mol. The van der Waals surface area contributed by atoms with Crippen LogP contribution in [0, 0.1) is 6.92 Å². The first-order chi connectivity index (χ1) is 7.65. The summed E-state index contributed by atoms with van der Waals surface area (Å²) in [6, 6.07) is 1.77. The number of Topliss-reactive ketones (excluding diaryl/α,β-unsaturated/α-hetero) is 1. The zero-order valence-electron chi connectivity index (χ0n) is 8.61. The number of ketones is 1. The van der Waals surface area contributed by atoms with Gasteiger partial charge in [0.1, 0.15) is 5.01 Å². The highest BCUT2D eigenvalue weighted by Crippen LogP contribution is 2.14. The summed E-state index contributed by atoms with van der Waals surface area (Å²) in [4.78, 5) is 20.1. The third-order valence-electron chi connectivity index (χ3n) is 2.01. The van der Waals surface area contributed by atoms with Crippen molar-refractivity contribution in [1.29, 1.82) is 0 Å². The lowest BCUT2D eigenvalue weighted by molar-refractivity contribution is 0.0992. The number of thiazole rings is 1. The fourth-order valence-corrected chi connectivity index (χ4v) is 2.42. The van der Waals surface area contributed by atoms with Crippen LogP contribution in [0.4, 0.5) is 0 Å². The average molecular weight is 297 g/mol. The number of aromatic nitrogens is 2. The van der Waals surface area contributed by atoms with E-state index in [9.17, 15) is 4.79 Å². The van der Waals surface area contributed by atoms with Gasteiger partial charge < -0.3 is 0 Å². The summed E-state index contributed by atoms with van der Waals surface area (Å²) in [6.07, 6.45) is 3.58. The van der Waals surface area contributed by atoms with E-state index in [1.165, 1.54) is 11.3 Å². The van der Waals surface area contributed by atoms with Crippen LogP contribution >= 0.6 is 27.3 Å². The van der Waals surface area contributed by atoms with Crippen molar-refractivity contribution < 1.29 is 4.79 Å². The van der Waals surface area contributed by atoms with Gasteiger partial charge in [-0.25, -0.2) is 4.98 Å². The topological polar surface area (TPSA) is 42.9 Å². The number of hydrogen-bond acceptors (Lipinski definition) is 4. The van der Waals surface area contributed by atoms with Crippen LogP contribution in [0.3, 0.4) is 0 Å². The molecular weight excluding hydrogens is 288 g/mol. The van der Waals surface area contributed by atoms with Crippen LogP contribution < -0.4 is 0 Å². The number of carbonyl (C=O) groups excluding carboxylic acids is 1. The normalized spacial score (nSPS) is 10.4. The number of hydrogen-bond donors (Lipinski definition) is 0. The second-order valence-electron chi connectivity index (χ2n) is 3.37. The van der Waals surface area contributed by atoms with Crippen LogP contribution in [0.5, 0.6) is 0 Å². The number of nitrogens with zero attached hydrogens (tertiary/aromatic N) is 2. The molecule has 0 atom stereocenters. The molecule has 0 aromatic carbocycles. The second kappa shape index (κ2) is 4.84. The molecule has 0 fully saturated rings. The van der Waals surface area contributed by atoms with E-state index in [1.807, 2.05) is 12.3 Å². The molecular formula is C11H9BrN2OS. The Bertz CT molecular complexity index is 524. The minimum absolute atomic E-state index is 0.0446. The van der Waals surface area contributed by atoms with Gasteiger partial charge in [0, 0.05) is 33.5 Å². The zero-order valence-corrected chi connectivity index (χ0v) is 11.0. The summed E-state index contributed by atoms with van der Waals surface area (Å²) in [7, 11) is 0. The highest BCUT2D eigenvalue weighted by atomic mass is 79.9. The number of pyridine rings is 1. The van der Waals surface area contributed by atoms with Gasteiger partial charge in [-0.05, 0) is 28.9 Å². The molecule has 0 saturated heterocycles. The summed E-state index contributed by atoms with van der Waals surface area (Å²) in [6.45, 7) is 1.92. The number of carbonyl (C=O) groups is 1. The van der Waals surface area contributed by atoms with Crippen LogP contribution in [0.15, 0.2) is 28.3 Å². The lowest BCUT2D eigenvalue weighted by Gasteiger charge is -1.98. The third-order valence-corrected chi connectivity index (χ3v) is 3.41. The maximum atomic E-state index is 11.9. The molecule has 2 aromatic rings. The van der Waals surface area contributed by atoms with E-state index in [0.29, 0.717) is 12.0 Å². The largest absolute Gasteiger partial charge is 0.294 e. The summed E-state index contributed by atoms with van der Waals surface area (Å²) in [5, 5.41) is 2.80. The second-order valence-corrected chi connectivity index (χ2v) is 5.23. The van der Waals surface area contributed by atoms with Gasteiger partial charge in [-0.2, -0.15) is 0 Å². The molecule has 2 heterocycles. The highest BCUT2D eigenvalue weighted by molar-refractivity contribution is 9.10. The van der Waals surface area contributed by atoms with Crippen molar-refractivity contribution in [3.8, 4) is 0 Å². The molecule has 2 aromatic heterocycles. The molecule has 0 bridgehead atoms. The molecule has 0 amide bonds. The van der Waals surface area contributed by atoms with E-state index >= 15 is 0 Å². The van der Waals surface area contributed by atoms with Crippen molar-refractivity contribution in [3.63, 3.8) is 0 Å². The Balaban J connectivity index is 2.14. The molecule has 0 spiro atoms. The smallest absolute Gasteiger partial charge is 0.171 e.